The Labute approximate surface area is 101 Å². The van der Waals surface area contributed by atoms with Crippen LogP contribution in [-0.2, 0) is 11.3 Å². The highest BCUT2D eigenvalue weighted by molar-refractivity contribution is 6.19. The molecular weight excluding hydrogens is 226 g/mol. The lowest BCUT2D eigenvalue weighted by Gasteiger charge is -2.23. The summed E-state index contributed by atoms with van der Waals surface area (Å²) in [5, 5.41) is 2.94. The van der Waals surface area contributed by atoms with E-state index >= 15 is 0 Å². The number of imidazole rings is 1. The highest BCUT2D eigenvalue weighted by atomic mass is 35.5. The summed E-state index contributed by atoms with van der Waals surface area (Å²) in [6.45, 7) is 6.34. The molecule has 0 radical (unpaired) electrons. The third-order valence-corrected chi connectivity index (χ3v) is 3.04. The van der Waals surface area contributed by atoms with Crippen molar-refractivity contribution in [2.75, 3.05) is 5.88 Å². The third-order valence-electron chi connectivity index (χ3n) is 2.37. The van der Waals surface area contributed by atoms with Gasteiger partial charge >= 0.3 is 0 Å². The third kappa shape index (κ3) is 3.52. The first-order valence-electron chi connectivity index (χ1n) is 5.28. The van der Waals surface area contributed by atoms with Gasteiger partial charge in [-0.15, -0.1) is 11.6 Å². The molecule has 1 atom stereocenters. The zero-order valence-electron chi connectivity index (χ0n) is 9.90. The number of halogens is 1. The number of alkyl halides is 1. The van der Waals surface area contributed by atoms with Gasteiger partial charge in [0.25, 0.3) is 0 Å². The molecule has 1 unspecified atom stereocenters. The number of amides is 1. The molecule has 0 aliphatic rings. The highest BCUT2D eigenvalue weighted by Gasteiger charge is 2.27. The van der Waals surface area contributed by atoms with Crippen LogP contribution in [0.15, 0.2) is 18.7 Å². The van der Waals surface area contributed by atoms with Gasteiger partial charge in [-0.05, 0) is 20.8 Å². The van der Waals surface area contributed by atoms with E-state index in [0.717, 1.165) is 0 Å². The van der Waals surface area contributed by atoms with Crippen molar-refractivity contribution in [2.24, 2.45) is 5.41 Å². The Kier molecular flexibility index (Phi) is 4.35. The van der Waals surface area contributed by atoms with Crippen LogP contribution in [0.2, 0.25) is 0 Å². The summed E-state index contributed by atoms with van der Waals surface area (Å²) in [7, 11) is 0. The molecule has 1 rings (SSSR count). The van der Waals surface area contributed by atoms with E-state index < -0.39 is 5.41 Å². The van der Waals surface area contributed by atoms with Crippen molar-refractivity contribution in [1.82, 2.24) is 14.9 Å². The minimum Gasteiger partial charge on any atom is -0.351 e. The second-order valence-electron chi connectivity index (χ2n) is 4.65. The fourth-order valence-corrected chi connectivity index (χ4v) is 1.36. The second-order valence-corrected chi connectivity index (χ2v) is 4.92. The van der Waals surface area contributed by atoms with E-state index in [1.165, 1.54) is 0 Å². The van der Waals surface area contributed by atoms with Crippen LogP contribution in [0.3, 0.4) is 0 Å². The maximum absolute atomic E-state index is 11.8. The van der Waals surface area contributed by atoms with Gasteiger partial charge in [-0.25, -0.2) is 4.98 Å². The van der Waals surface area contributed by atoms with Crippen molar-refractivity contribution in [3.05, 3.63) is 18.7 Å². The Morgan fingerprint density at radius 1 is 1.62 bits per heavy atom. The summed E-state index contributed by atoms with van der Waals surface area (Å²) in [6.07, 6.45) is 5.32. The molecule has 1 amide bonds. The smallest absolute Gasteiger partial charge is 0.227 e. The predicted octanol–water partition coefficient (Wildman–Crippen LogP) is 1.65. The van der Waals surface area contributed by atoms with Gasteiger partial charge in [-0.3, -0.25) is 4.79 Å². The molecule has 90 valence electrons. The average molecular weight is 244 g/mol. The number of hydrogen-bond acceptors (Lipinski definition) is 2. The van der Waals surface area contributed by atoms with Gasteiger partial charge in [0.05, 0.1) is 11.7 Å². The van der Waals surface area contributed by atoms with Crippen LogP contribution in [0.1, 0.15) is 20.8 Å². The molecule has 1 N–H and O–H groups in total. The van der Waals surface area contributed by atoms with Gasteiger partial charge in [0.1, 0.15) is 0 Å². The molecule has 1 heterocycles. The Bertz CT molecular complexity index is 335. The van der Waals surface area contributed by atoms with Gasteiger partial charge < -0.3 is 9.88 Å². The molecule has 5 heteroatoms. The standard InChI is InChI=1S/C11H18ClN3O/c1-9(6-15-5-4-13-8-15)14-10(16)11(2,3)7-12/h4-5,8-9H,6-7H2,1-3H3,(H,14,16). The minimum absolute atomic E-state index is 0.0184. The molecule has 0 fully saturated rings. The van der Waals surface area contributed by atoms with E-state index in [1.54, 1.807) is 12.5 Å². The molecule has 0 aromatic carbocycles. The summed E-state index contributed by atoms with van der Waals surface area (Å²) in [5.41, 5.74) is -0.523. The molecule has 0 aliphatic carbocycles. The van der Waals surface area contributed by atoms with E-state index in [1.807, 2.05) is 31.5 Å². The number of rotatable bonds is 5. The van der Waals surface area contributed by atoms with Crippen molar-refractivity contribution in [2.45, 2.75) is 33.4 Å². The van der Waals surface area contributed by atoms with Crippen LogP contribution < -0.4 is 5.32 Å². The zero-order chi connectivity index (χ0) is 12.2. The van der Waals surface area contributed by atoms with Gasteiger partial charge in [0, 0.05) is 30.9 Å². The van der Waals surface area contributed by atoms with Crippen LogP contribution in [0.5, 0.6) is 0 Å². The van der Waals surface area contributed by atoms with E-state index in [-0.39, 0.29) is 11.9 Å². The summed E-state index contributed by atoms with van der Waals surface area (Å²) < 4.78 is 1.93. The fraction of sp³-hybridized carbons (Fsp3) is 0.636. The SMILES string of the molecule is CC(Cn1ccnc1)NC(=O)C(C)(C)CCl. The lowest BCUT2D eigenvalue weighted by atomic mass is 9.95. The Hall–Kier alpha value is -1.03. The summed E-state index contributed by atoms with van der Waals surface area (Å²) in [5.74, 6) is 0.298. The van der Waals surface area contributed by atoms with Gasteiger partial charge in [-0.2, -0.15) is 0 Å². The average Bonchev–Trinajstić information content (AvgIpc) is 2.70. The Morgan fingerprint density at radius 3 is 2.81 bits per heavy atom. The van der Waals surface area contributed by atoms with Crippen LogP contribution in [0.25, 0.3) is 0 Å². The topological polar surface area (TPSA) is 46.9 Å². The number of hydrogen-bond donors (Lipinski definition) is 1. The second kappa shape index (κ2) is 5.34. The van der Waals surface area contributed by atoms with Crippen molar-refractivity contribution in [3.63, 3.8) is 0 Å². The molecule has 4 nitrogen and oxygen atoms in total. The Balaban J connectivity index is 2.46. The first-order chi connectivity index (χ1) is 7.45. The van der Waals surface area contributed by atoms with Crippen LogP contribution in [0, 0.1) is 5.41 Å². The normalized spacial score (nSPS) is 13.5. The molecule has 16 heavy (non-hydrogen) atoms. The summed E-state index contributed by atoms with van der Waals surface area (Å²) in [6, 6.07) is 0.0594. The molecule has 0 aliphatic heterocycles. The largest absolute Gasteiger partial charge is 0.351 e. The van der Waals surface area contributed by atoms with Gasteiger partial charge in [-0.1, -0.05) is 0 Å². The molecule has 0 bridgehead atoms. The van der Waals surface area contributed by atoms with Crippen LogP contribution >= 0.6 is 11.6 Å². The van der Waals surface area contributed by atoms with Crippen molar-refractivity contribution in [1.29, 1.82) is 0 Å². The highest BCUT2D eigenvalue weighted by Crippen LogP contribution is 2.17. The molecule has 0 saturated carbocycles. The van der Waals surface area contributed by atoms with E-state index in [4.69, 9.17) is 11.6 Å². The Morgan fingerprint density at radius 2 is 2.31 bits per heavy atom. The lowest BCUT2D eigenvalue weighted by Crippen LogP contribution is -2.44. The van der Waals surface area contributed by atoms with Gasteiger partial charge in [0.15, 0.2) is 0 Å². The van der Waals surface area contributed by atoms with Crippen LogP contribution in [0.4, 0.5) is 0 Å². The van der Waals surface area contributed by atoms with E-state index in [0.29, 0.717) is 12.4 Å². The number of aromatic nitrogens is 2. The quantitative estimate of drug-likeness (QED) is 0.800. The number of carbonyl (C=O) groups is 1. The number of nitrogens with one attached hydrogen (secondary N) is 1. The van der Waals surface area contributed by atoms with Crippen molar-refractivity contribution < 1.29 is 4.79 Å². The fourth-order valence-electron chi connectivity index (χ4n) is 1.24. The molecule has 1 aromatic rings. The summed E-state index contributed by atoms with van der Waals surface area (Å²) >= 11 is 5.74. The van der Waals surface area contributed by atoms with Crippen molar-refractivity contribution in [3.8, 4) is 0 Å². The van der Waals surface area contributed by atoms with Crippen LogP contribution in [-0.4, -0.2) is 27.4 Å². The van der Waals surface area contributed by atoms with E-state index in [9.17, 15) is 4.79 Å². The lowest BCUT2D eigenvalue weighted by molar-refractivity contribution is -0.129. The predicted molar refractivity (Wildman–Crippen MR) is 64.3 cm³/mol. The maximum Gasteiger partial charge on any atom is 0.227 e. The molecular formula is C11H18ClN3O. The summed E-state index contributed by atoms with van der Waals surface area (Å²) in [4.78, 5) is 15.8. The minimum atomic E-state index is -0.523. The van der Waals surface area contributed by atoms with Gasteiger partial charge in [0.2, 0.25) is 5.91 Å². The monoisotopic (exact) mass is 243 g/mol. The molecule has 1 aromatic heterocycles. The first kappa shape index (κ1) is 13.0. The zero-order valence-corrected chi connectivity index (χ0v) is 10.7. The number of carbonyl (C=O) groups excluding carboxylic acids is 1. The first-order valence-corrected chi connectivity index (χ1v) is 5.82. The maximum atomic E-state index is 11.8. The molecule has 0 spiro atoms. The van der Waals surface area contributed by atoms with Crippen molar-refractivity contribution >= 4 is 17.5 Å². The molecule has 0 saturated heterocycles. The number of nitrogens with zero attached hydrogens (tertiary/aromatic N) is 2. The van der Waals surface area contributed by atoms with E-state index in [2.05, 4.69) is 10.3 Å².